The van der Waals surface area contributed by atoms with Crippen molar-refractivity contribution < 1.29 is 39.6 Å². The molecule has 7 N–H and O–H groups in total. The summed E-state index contributed by atoms with van der Waals surface area (Å²) in [7, 11) is 3.09. The van der Waals surface area contributed by atoms with E-state index in [4.69, 9.17) is 17.3 Å². The van der Waals surface area contributed by atoms with Crippen LogP contribution in [0.5, 0.6) is 5.75 Å². The number of aliphatic hydroxyl groups excluding tert-OH is 2. The van der Waals surface area contributed by atoms with Gasteiger partial charge in [0.1, 0.15) is 23.1 Å². The van der Waals surface area contributed by atoms with Crippen molar-refractivity contribution in [2.75, 3.05) is 19.4 Å². The average Bonchev–Trinajstić information content (AvgIpc) is 2.83. The van der Waals surface area contributed by atoms with E-state index in [9.17, 15) is 39.6 Å². The number of aliphatic hydroxyl groups is 3. The molecule has 0 radical (unpaired) electrons. The highest BCUT2D eigenvalue weighted by Crippen LogP contribution is 2.54. The van der Waals surface area contributed by atoms with Crippen LogP contribution in [0.2, 0.25) is 5.02 Å². The number of likely N-dealkylation sites (N-methyl/N-ethyl adjacent to an activating group) is 1. The second-order valence-corrected chi connectivity index (χ2v) is 11.9. The number of hydrogen-bond donors (Lipinski definition) is 6. The first-order valence-electron chi connectivity index (χ1n) is 12.2. The van der Waals surface area contributed by atoms with E-state index >= 15 is 0 Å². The number of alkyl halides is 1. The predicted molar refractivity (Wildman–Crippen MR) is 145 cm³/mol. The molecular weight excluding hydrogens is 598 g/mol. The number of allylic oxidation sites excluding steroid dienone is 1. The highest BCUT2D eigenvalue weighted by atomic mass is 79.9. The van der Waals surface area contributed by atoms with Crippen LogP contribution in [0.4, 0.5) is 5.69 Å². The van der Waals surface area contributed by atoms with Gasteiger partial charge in [-0.3, -0.25) is 24.1 Å². The van der Waals surface area contributed by atoms with Gasteiger partial charge >= 0.3 is 0 Å². The van der Waals surface area contributed by atoms with Gasteiger partial charge in [0, 0.05) is 5.92 Å². The van der Waals surface area contributed by atoms with Gasteiger partial charge in [-0.05, 0) is 50.9 Å². The van der Waals surface area contributed by atoms with Crippen LogP contribution in [-0.4, -0.2) is 85.4 Å². The molecular formula is C26H29BrClN3O8. The van der Waals surface area contributed by atoms with E-state index in [1.54, 1.807) is 14.1 Å². The Labute approximate surface area is 237 Å². The molecule has 2 amide bonds. The number of fused-ring (bicyclic) bond motifs is 3. The summed E-state index contributed by atoms with van der Waals surface area (Å²) in [6, 6.07) is 0.324. The molecule has 1 aromatic carbocycles. The number of nitrogens with two attached hydrogens (primary N) is 1. The average molecular weight is 627 g/mol. The van der Waals surface area contributed by atoms with Crippen LogP contribution in [0.1, 0.15) is 28.8 Å². The Bertz CT molecular complexity index is 1330. The molecule has 3 aliphatic carbocycles. The monoisotopic (exact) mass is 625 g/mol. The number of anilines is 1. The van der Waals surface area contributed by atoms with E-state index < -0.39 is 80.8 Å². The zero-order valence-corrected chi connectivity index (χ0v) is 23.5. The number of nitrogens with zero attached hydrogens (tertiary/aromatic N) is 1. The van der Waals surface area contributed by atoms with Crippen LogP contribution in [-0.2, 0) is 20.8 Å². The summed E-state index contributed by atoms with van der Waals surface area (Å²) >= 11 is 9.58. The maximum atomic E-state index is 13.8. The molecule has 7 atom stereocenters. The smallest absolute Gasteiger partial charge is 0.255 e. The lowest BCUT2D eigenvalue weighted by molar-refractivity contribution is -0.183. The molecule has 39 heavy (non-hydrogen) atoms. The van der Waals surface area contributed by atoms with Crippen molar-refractivity contribution in [3.63, 3.8) is 0 Å². The van der Waals surface area contributed by atoms with E-state index in [2.05, 4.69) is 27.8 Å². The molecule has 1 saturated carbocycles. The number of hydrogen-bond acceptors (Lipinski definition) is 9. The quantitative estimate of drug-likeness (QED) is 0.117. The number of phenols is 1. The van der Waals surface area contributed by atoms with Crippen molar-refractivity contribution in [2.45, 2.75) is 41.8 Å². The molecule has 0 spiro atoms. The number of rotatable bonds is 6. The molecule has 11 nitrogen and oxygen atoms in total. The van der Waals surface area contributed by atoms with Crippen LogP contribution in [0.15, 0.2) is 30.1 Å². The highest BCUT2D eigenvalue weighted by Gasteiger charge is 2.65. The minimum absolute atomic E-state index is 0.0114. The minimum Gasteiger partial charge on any atom is -0.508 e. The highest BCUT2D eigenvalue weighted by molar-refractivity contribution is 9.10. The van der Waals surface area contributed by atoms with E-state index in [1.165, 1.54) is 17.0 Å². The maximum absolute atomic E-state index is 13.8. The number of benzene rings is 1. The third-order valence-corrected chi connectivity index (χ3v) is 9.10. The molecule has 0 bridgehead atoms. The van der Waals surface area contributed by atoms with Gasteiger partial charge in [0.2, 0.25) is 5.91 Å². The minimum atomic E-state index is -2.55. The standard InChI is InChI=1S/C26H29BrClN3O8/c1-4-5-12(27)25(38)30-17-13(28)8-10-6-9-7-11-18(31(2)3)21(34)16(24(29)37)23(36)26(11,39)22(35)15(9)19(32)14(10)20(17)33/h4,8-9,11-12,15,18,22,33,35-36,39H,1,5-7H2,2-3H3,(H2,29,37)(H,30,38)/t9?,11?,12?,15?,18-,22?,26-/m0/s1. The Hall–Kier alpha value is -2.77. The zero-order valence-electron chi connectivity index (χ0n) is 21.1. The van der Waals surface area contributed by atoms with Crippen molar-refractivity contribution in [3.8, 4) is 5.75 Å². The molecule has 4 rings (SSSR count). The second-order valence-electron chi connectivity index (χ2n) is 10.4. The molecule has 210 valence electrons. The molecule has 5 unspecified atom stereocenters. The van der Waals surface area contributed by atoms with E-state index in [0.29, 0.717) is 5.56 Å². The number of aromatic hydroxyl groups is 1. The zero-order chi connectivity index (χ0) is 29.1. The van der Waals surface area contributed by atoms with Gasteiger partial charge in [0.05, 0.1) is 27.4 Å². The summed E-state index contributed by atoms with van der Waals surface area (Å²) in [5, 5.41) is 47.7. The third kappa shape index (κ3) is 4.38. The number of nitrogens with one attached hydrogen (secondary N) is 1. The third-order valence-electron chi connectivity index (χ3n) is 8.01. The van der Waals surface area contributed by atoms with Gasteiger partial charge in [-0.15, -0.1) is 6.58 Å². The normalized spacial score (nSPS) is 30.8. The number of amides is 2. The lowest BCUT2D eigenvalue weighted by atomic mass is 9.54. The summed E-state index contributed by atoms with van der Waals surface area (Å²) < 4.78 is 0. The lowest BCUT2D eigenvalue weighted by Gasteiger charge is -2.55. The first kappa shape index (κ1) is 29.2. The Morgan fingerprint density at radius 3 is 2.54 bits per heavy atom. The van der Waals surface area contributed by atoms with Gasteiger partial charge in [0.15, 0.2) is 22.9 Å². The lowest BCUT2D eigenvalue weighted by Crippen LogP contribution is -2.69. The van der Waals surface area contributed by atoms with Gasteiger partial charge in [-0.2, -0.15) is 0 Å². The molecule has 1 aromatic rings. The van der Waals surface area contributed by atoms with Crippen molar-refractivity contribution in [2.24, 2.45) is 23.5 Å². The summed E-state index contributed by atoms with van der Waals surface area (Å²) in [4.78, 5) is 52.3. The largest absolute Gasteiger partial charge is 0.508 e. The molecule has 3 aliphatic rings. The van der Waals surface area contributed by atoms with Crippen molar-refractivity contribution >= 4 is 56.6 Å². The molecule has 0 heterocycles. The Kier molecular flexibility index (Phi) is 7.74. The summed E-state index contributed by atoms with van der Waals surface area (Å²) in [6.45, 7) is 3.57. The van der Waals surface area contributed by atoms with E-state index in [1.807, 2.05) is 0 Å². The van der Waals surface area contributed by atoms with Crippen LogP contribution in [0, 0.1) is 17.8 Å². The van der Waals surface area contributed by atoms with Crippen molar-refractivity contribution in [1.29, 1.82) is 0 Å². The van der Waals surface area contributed by atoms with Gasteiger partial charge in [0.25, 0.3) is 5.91 Å². The topological polar surface area (TPSA) is 190 Å². The van der Waals surface area contributed by atoms with Gasteiger partial charge in [-0.25, -0.2) is 0 Å². The van der Waals surface area contributed by atoms with Crippen molar-refractivity contribution in [1.82, 2.24) is 4.90 Å². The van der Waals surface area contributed by atoms with E-state index in [0.717, 1.165) is 0 Å². The fourth-order valence-corrected chi connectivity index (χ4v) is 6.93. The van der Waals surface area contributed by atoms with Gasteiger partial charge in [-0.1, -0.05) is 33.6 Å². The Morgan fingerprint density at radius 1 is 1.33 bits per heavy atom. The first-order chi connectivity index (χ1) is 18.2. The maximum Gasteiger partial charge on any atom is 0.255 e. The van der Waals surface area contributed by atoms with E-state index in [-0.39, 0.29) is 35.5 Å². The molecule has 0 saturated heterocycles. The molecule has 13 heteroatoms. The molecule has 0 aliphatic heterocycles. The number of phenolic OH excluding ortho intramolecular Hbond substituents is 1. The first-order valence-corrected chi connectivity index (χ1v) is 13.5. The SMILES string of the molecule is C=CCC(Br)C(=O)Nc1c(Cl)cc2c(c1O)C(=O)C1C(C2)CC2[C@H](N(C)C)C(=O)C(C(N)=O)=C(O)[C@@]2(O)C1O. The number of carbonyl (C=O) groups is 4. The fourth-order valence-electron chi connectivity index (χ4n) is 6.28. The van der Waals surface area contributed by atoms with Crippen LogP contribution in [0.3, 0.4) is 0 Å². The number of primary amides is 1. The molecule has 1 fully saturated rings. The Balaban J connectivity index is 1.81. The number of ketones is 2. The van der Waals surface area contributed by atoms with Crippen molar-refractivity contribution in [3.05, 3.63) is 46.2 Å². The predicted octanol–water partition coefficient (Wildman–Crippen LogP) is 1.22. The molecule has 0 aromatic heterocycles. The number of halogens is 2. The number of carbonyl (C=O) groups excluding carboxylic acids is 4. The van der Waals surface area contributed by atoms with Crippen LogP contribution >= 0.6 is 27.5 Å². The summed E-state index contributed by atoms with van der Waals surface area (Å²) in [6.07, 6.45) is -0.00960. The van der Waals surface area contributed by atoms with Crippen LogP contribution < -0.4 is 11.1 Å². The second kappa shape index (κ2) is 10.3. The summed E-state index contributed by atoms with van der Waals surface area (Å²) in [5.74, 6) is -8.07. The summed E-state index contributed by atoms with van der Waals surface area (Å²) in [5.41, 5.74) is 1.93. The fraction of sp³-hybridized carbons (Fsp3) is 0.462. The number of Topliss-reactive ketones (excluding diaryl/α,β-unsaturated/α-hetero) is 2. The van der Waals surface area contributed by atoms with Gasteiger partial charge < -0.3 is 31.5 Å². The Morgan fingerprint density at radius 2 is 1.97 bits per heavy atom. The van der Waals surface area contributed by atoms with Crippen LogP contribution in [0.25, 0.3) is 0 Å².